The second-order valence-corrected chi connectivity index (χ2v) is 4.28. The van der Waals surface area contributed by atoms with Crippen LogP contribution in [0.1, 0.15) is 50.2 Å². The zero-order valence-corrected chi connectivity index (χ0v) is 8.90. The van der Waals surface area contributed by atoms with Crippen molar-refractivity contribution in [3.8, 4) is 0 Å². The van der Waals surface area contributed by atoms with E-state index in [9.17, 15) is 0 Å². The molecule has 0 aliphatic carbocycles. The van der Waals surface area contributed by atoms with E-state index in [2.05, 4.69) is 23.9 Å². The summed E-state index contributed by atoms with van der Waals surface area (Å²) in [5.74, 6) is 2.89. The summed E-state index contributed by atoms with van der Waals surface area (Å²) in [6.45, 7) is 5.94. The molecule has 0 saturated carbocycles. The van der Waals surface area contributed by atoms with Crippen LogP contribution < -0.4 is 5.73 Å². The van der Waals surface area contributed by atoms with Gasteiger partial charge in [-0.1, -0.05) is 13.8 Å². The maximum absolute atomic E-state index is 5.72. The standard InChI is InChI=1S/C10H18N4/c1-7(2)9-12-10-8(6-11)4-3-5-14(10)13-9/h7-8H,3-6,11H2,1-2H3. The van der Waals surface area contributed by atoms with Gasteiger partial charge in [-0.05, 0) is 12.8 Å². The van der Waals surface area contributed by atoms with Crippen LogP contribution in [-0.2, 0) is 6.54 Å². The van der Waals surface area contributed by atoms with Crippen molar-refractivity contribution in [3.05, 3.63) is 11.6 Å². The summed E-state index contributed by atoms with van der Waals surface area (Å²) in [5.41, 5.74) is 5.72. The topological polar surface area (TPSA) is 56.7 Å². The molecule has 2 heterocycles. The lowest BCUT2D eigenvalue weighted by atomic mass is 10.00. The lowest BCUT2D eigenvalue weighted by Crippen LogP contribution is -2.22. The Morgan fingerprint density at radius 1 is 1.57 bits per heavy atom. The first-order valence-corrected chi connectivity index (χ1v) is 5.37. The van der Waals surface area contributed by atoms with Crippen LogP contribution >= 0.6 is 0 Å². The van der Waals surface area contributed by atoms with Crippen molar-refractivity contribution < 1.29 is 0 Å². The van der Waals surface area contributed by atoms with Crippen LogP contribution in [0.5, 0.6) is 0 Å². The van der Waals surface area contributed by atoms with Crippen molar-refractivity contribution >= 4 is 0 Å². The van der Waals surface area contributed by atoms with Gasteiger partial charge in [-0.3, -0.25) is 0 Å². The highest BCUT2D eigenvalue weighted by Gasteiger charge is 2.23. The molecule has 14 heavy (non-hydrogen) atoms. The van der Waals surface area contributed by atoms with E-state index >= 15 is 0 Å². The lowest BCUT2D eigenvalue weighted by molar-refractivity contribution is 0.419. The predicted octanol–water partition coefficient (Wildman–Crippen LogP) is 1.24. The minimum absolute atomic E-state index is 0.409. The molecular weight excluding hydrogens is 176 g/mol. The maximum atomic E-state index is 5.72. The summed E-state index contributed by atoms with van der Waals surface area (Å²) in [5, 5.41) is 4.50. The fourth-order valence-corrected chi connectivity index (χ4v) is 1.92. The van der Waals surface area contributed by atoms with Gasteiger partial charge < -0.3 is 5.73 Å². The summed E-state index contributed by atoms with van der Waals surface area (Å²) in [7, 11) is 0. The summed E-state index contributed by atoms with van der Waals surface area (Å²) in [6, 6.07) is 0. The summed E-state index contributed by atoms with van der Waals surface area (Å²) in [6.07, 6.45) is 2.34. The summed E-state index contributed by atoms with van der Waals surface area (Å²) in [4.78, 5) is 4.57. The number of aryl methyl sites for hydroxylation is 1. The van der Waals surface area contributed by atoms with Crippen molar-refractivity contribution in [2.45, 2.75) is 45.1 Å². The van der Waals surface area contributed by atoms with E-state index in [0.717, 1.165) is 24.6 Å². The van der Waals surface area contributed by atoms with Crippen molar-refractivity contribution in [3.63, 3.8) is 0 Å². The Labute approximate surface area is 84.5 Å². The van der Waals surface area contributed by atoms with Gasteiger partial charge in [0, 0.05) is 24.9 Å². The maximum Gasteiger partial charge on any atom is 0.153 e. The SMILES string of the molecule is CC(C)c1nc2n(n1)CCCC2CN. The lowest BCUT2D eigenvalue weighted by Gasteiger charge is -2.19. The van der Waals surface area contributed by atoms with Crippen LogP contribution in [0.25, 0.3) is 0 Å². The fourth-order valence-electron chi connectivity index (χ4n) is 1.92. The average molecular weight is 194 g/mol. The van der Waals surface area contributed by atoms with Crippen LogP contribution in [0.3, 0.4) is 0 Å². The molecule has 4 nitrogen and oxygen atoms in total. The largest absolute Gasteiger partial charge is 0.330 e. The highest BCUT2D eigenvalue weighted by Crippen LogP contribution is 2.25. The molecule has 0 aromatic carbocycles. The third-order valence-corrected chi connectivity index (χ3v) is 2.81. The number of fused-ring (bicyclic) bond motifs is 1. The molecule has 0 bridgehead atoms. The van der Waals surface area contributed by atoms with Gasteiger partial charge in [-0.15, -0.1) is 0 Å². The molecule has 0 fully saturated rings. The quantitative estimate of drug-likeness (QED) is 0.770. The molecule has 2 rings (SSSR count). The zero-order valence-electron chi connectivity index (χ0n) is 8.90. The van der Waals surface area contributed by atoms with E-state index < -0.39 is 0 Å². The Balaban J connectivity index is 2.33. The number of nitrogens with zero attached hydrogens (tertiary/aromatic N) is 3. The first-order chi connectivity index (χ1) is 6.72. The first-order valence-electron chi connectivity index (χ1n) is 5.37. The zero-order chi connectivity index (χ0) is 10.1. The number of aromatic nitrogens is 3. The number of rotatable bonds is 2. The Morgan fingerprint density at radius 2 is 2.36 bits per heavy atom. The molecule has 4 heteroatoms. The molecule has 1 aromatic heterocycles. The van der Waals surface area contributed by atoms with Crippen molar-refractivity contribution in [2.75, 3.05) is 6.54 Å². The minimum atomic E-state index is 0.409. The number of hydrogen-bond acceptors (Lipinski definition) is 3. The molecule has 78 valence electrons. The summed E-state index contributed by atoms with van der Waals surface area (Å²) >= 11 is 0. The van der Waals surface area contributed by atoms with E-state index in [-0.39, 0.29) is 0 Å². The number of hydrogen-bond donors (Lipinski definition) is 1. The predicted molar refractivity (Wildman–Crippen MR) is 55.1 cm³/mol. The Hall–Kier alpha value is -0.900. The van der Waals surface area contributed by atoms with Crippen LogP contribution in [0.2, 0.25) is 0 Å². The van der Waals surface area contributed by atoms with Gasteiger partial charge in [0.15, 0.2) is 5.82 Å². The molecule has 0 radical (unpaired) electrons. The Kier molecular flexibility index (Phi) is 2.54. The minimum Gasteiger partial charge on any atom is -0.330 e. The molecule has 1 aromatic rings. The fraction of sp³-hybridized carbons (Fsp3) is 0.800. The van der Waals surface area contributed by atoms with E-state index in [4.69, 9.17) is 5.73 Å². The molecule has 2 N–H and O–H groups in total. The van der Waals surface area contributed by atoms with Crippen LogP contribution in [0.15, 0.2) is 0 Å². The van der Waals surface area contributed by atoms with Gasteiger partial charge in [-0.2, -0.15) is 5.10 Å². The smallest absolute Gasteiger partial charge is 0.153 e. The van der Waals surface area contributed by atoms with Crippen LogP contribution in [-0.4, -0.2) is 21.3 Å². The second kappa shape index (κ2) is 3.69. The molecule has 1 atom stereocenters. The van der Waals surface area contributed by atoms with Crippen LogP contribution in [0, 0.1) is 0 Å². The molecular formula is C10H18N4. The average Bonchev–Trinajstić information content (AvgIpc) is 2.60. The third kappa shape index (κ3) is 1.54. The van der Waals surface area contributed by atoms with Gasteiger partial charge in [0.25, 0.3) is 0 Å². The van der Waals surface area contributed by atoms with Crippen LogP contribution in [0.4, 0.5) is 0 Å². The highest BCUT2D eigenvalue weighted by molar-refractivity contribution is 5.05. The van der Waals surface area contributed by atoms with Gasteiger partial charge in [0.05, 0.1) is 0 Å². The van der Waals surface area contributed by atoms with Gasteiger partial charge in [0.1, 0.15) is 5.82 Å². The van der Waals surface area contributed by atoms with E-state index in [0.29, 0.717) is 18.4 Å². The second-order valence-electron chi connectivity index (χ2n) is 4.28. The normalized spacial score (nSPS) is 21.3. The molecule has 0 saturated heterocycles. The Morgan fingerprint density at radius 3 is 3.00 bits per heavy atom. The van der Waals surface area contributed by atoms with E-state index in [1.165, 1.54) is 6.42 Å². The molecule has 0 amide bonds. The number of nitrogens with two attached hydrogens (primary N) is 1. The van der Waals surface area contributed by atoms with Gasteiger partial charge in [-0.25, -0.2) is 9.67 Å². The highest BCUT2D eigenvalue weighted by atomic mass is 15.4. The van der Waals surface area contributed by atoms with Gasteiger partial charge in [0.2, 0.25) is 0 Å². The first kappa shape index (κ1) is 9.65. The third-order valence-electron chi connectivity index (χ3n) is 2.81. The molecule has 0 spiro atoms. The van der Waals surface area contributed by atoms with Crippen molar-refractivity contribution in [1.82, 2.24) is 14.8 Å². The molecule has 1 aliphatic heterocycles. The Bertz CT molecular complexity index is 316. The van der Waals surface area contributed by atoms with Gasteiger partial charge >= 0.3 is 0 Å². The summed E-state index contributed by atoms with van der Waals surface area (Å²) < 4.78 is 2.04. The van der Waals surface area contributed by atoms with E-state index in [1.54, 1.807) is 0 Å². The monoisotopic (exact) mass is 194 g/mol. The molecule has 1 aliphatic rings. The van der Waals surface area contributed by atoms with Crippen molar-refractivity contribution in [1.29, 1.82) is 0 Å². The van der Waals surface area contributed by atoms with Crippen molar-refractivity contribution in [2.24, 2.45) is 5.73 Å². The molecule has 1 unspecified atom stereocenters. The van der Waals surface area contributed by atoms with E-state index in [1.807, 2.05) is 4.68 Å².